The molecule has 2 nitrogen and oxygen atoms in total. The van der Waals surface area contributed by atoms with Gasteiger partial charge in [-0.1, -0.05) is 13.0 Å². The molecule has 1 aromatic carbocycles. The highest BCUT2D eigenvalue weighted by Gasteiger charge is 2.17. The first-order valence-corrected chi connectivity index (χ1v) is 7.18. The van der Waals surface area contributed by atoms with E-state index in [4.69, 9.17) is 5.73 Å². The molecule has 0 fully saturated rings. The third-order valence-corrected chi connectivity index (χ3v) is 3.97. The van der Waals surface area contributed by atoms with E-state index in [9.17, 15) is 0 Å². The highest BCUT2D eigenvalue weighted by Crippen LogP contribution is 2.31. The van der Waals surface area contributed by atoms with Crippen LogP contribution in [-0.2, 0) is 6.42 Å². The Morgan fingerprint density at radius 1 is 1.41 bits per heavy atom. The summed E-state index contributed by atoms with van der Waals surface area (Å²) in [6, 6.07) is 6.30. The van der Waals surface area contributed by atoms with Crippen molar-refractivity contribution in [3.05, 3.63) is 23.8 Å². The van der Waals surface area contributed by atoms with Crippen LogP contribution in [0.1, 0.15) is 18.9 Å². The molecule has 2 N–H and O–H groups in total. The van der Waals surface area contributed by atoms with E-state index in [1.165, 1.54) is 35.7 Å². The Balaban J connectivity index is 0.00000144. The molecule has 1 aromatic rings. The Morgan fingerprint density at radius 2 is 2.24 bits per heavy atom. The van der Waals surface area contributed by atoms with Crippen LogP contribution in [0.4, 0.5) is 11.4 Å². The van der Waals surface area contributed by atoms with Crippen LogP contribution in [0.25, 0.3) is 0 Å². The Bertz CT molecular complexity index is 357. The van der Waals surface area contributed by atoms with Gasteiger partial charge >= 0.3 is 0 Å². The molecule has 17 heavy (non-hydrogen) atoms. The number of halogens is 1. The van der Waals surface area contributed by atoms with Crippen LogP contribution in [-0.4, -0.2) is 24.6 Å². The van der Waals surface area contributed by atoms with E-state index in [0.29, 0.717) is 0 Å². The predicted octanol–water partition coefficient (Wildman–Crippen LogP) is 3.20. The van der Waals surface area contributed by atoms with Crippen molar-refractivity contribution >= 4 is 35.5 Å². The monoisotopic (exact) mass is 272 g/mol. The van der Waals surface area contributed by atoms with Gasteiger partial charge in [-0.05, 0) is 36.3 Å². The number of nitrogen functional groups attached to an aromatic ring is 1. The fraction of sp³-hybridized carbons (Fsp3) is 0.538. The van der Waals surface area contributed by atoms with Crippen molar-refractivity contribution in [1.82, 2.24) is 0 Å². The van der Waals surface area contributed by atoms with E-state index in [0.717, 1.165) is 18.7 Å². The average molecular weight is 273 g/mol. The number of anilines is 2. The normalized spacial score (nSPS) is 14.1. The Morgan fingerprint density at radius 3 is 3.00 bits per heavy atom. The molecular weight excluding hydrogens is 252 g/mol. The van der Waals surface area contributed by atoms with Crippen molar-refractivity contribution < 1.29 is 0 Å². The zero-order chi connectivity index (χ0) is 11.4. The first kappa shape index (κ1) is 14.5. The second-order valence-electron chi connectivity index (χ2n) is 4.13. The summed E-state index contributed by atoms with van der Waals surface area (Å²) in [4.78, 5) is 2.48. The van der Waals surface area contributed by atoms with Gasteiger partial charge in [0.1, 0.15) is 0 Å². The molecule has 0 amide bonds. The second-order valence-corrected chi connectivity index (χ2v) is 5.53. The number of nitrogens with two attached hydrogens (primary N) is 1. The number of fused-ring (bicyclic) bond motifs is 1. The van der Waals surface area contributed by atoms with Crippen LogP contribution >= 0.6 is 24.2 Å². The van der Waals surface area contributed by atoms with Crippen LogP contribution in [0.3, 0.4) is 0 Å². The summed E-state index contributed by atoms with van der Waals surface area (Å²) in [7, 11) is 0. The lowest BCUT2D eigenvalue weighted by Gasteiger charge is -2.31. The van der Waals surface area contributed by atoms with Gasteiger partial charge in [-0.2, -0.15) is 11.8 Å². The zero-order valence-corrected chi connectivity index (χ0v) is 11.9. The molecule has 1 aliphatic rings. The Kier molecular flexibility index (Phi) is 6.00. The number of rotatable bonds is 4. The van der Waals surface area contributed by atoms with Crippen molar-refractivity contribution in [2.75, 3.05) is 35.2 Å². The minimum atomic E-state index is 0. The highest BCUT2D eigenvalue weighted by molar-refractivity contribution is 7.99. The van der Waals surface area contributed by atoms with Gasteiger partial charge in [0.15, 0.2) is 0 Å². The quantitative estimate of drug-likeness (QED) is 0.674. The van der Waals surface area contributed by atoms with E-state index in [2.05, 4.69) is 24.0 Å². The standard InChI is InChI=1S/C13H20N2S.ClH/c1-2-16-10-9-15-8-4-5-11-12(14)6-3-7-13(11)15;/h3,6-7H,2,4-5,8-10,14H2,1H3;1H. The third kappa shape index (κ3) is 3.46. The van der Waals surface area contributed by atoms with Crippen molar-refractivity contribution in [3.63, 3.8) is 0 Å². The van der Waals surface area contributed by atoms with Gasteiger partial charge in [-0.15, -0.1) is 12.4 Å². The molecule has 0 saturated carbocycles. The maximum absolute atomic E-state index is 6.03. The molecule has 0 unspecified atom stereocenters. The van der Waals surface area contributed by atoms with Gasteiger partial charge in [0.25, 0.3) is 0 Å². The topological polar surface area (TPSA) is 29.3 Å². The summed E-state index contributed by atoms with van der Waals surface area (Å²) in [5.41, 5.74) is 9.71. The Labute approximate surface area is 114 Å². The van der Waals surface area contributed by atoms with E-state index in [1.54, 1.807) is 0 Å². The summed E-state index contributed by atoms with van der Waals surface area (Å²) in [5, 5.41) is 0. The van der Waals surface area contributed by atoms with Crippen molar-refractivity contribution in [2.24, 2.45) is 0 Å². The third-order valence-electron chi connectivity index (χ3n) is 3.09. The maximum Gasteiger partial charge on any atom is 0.0419 e. The van der Waals surface area contributed by atoms with Crippen LogP contribution < -0.4 is 10.6 Å². The number of benzene rings is 1. The van der Waals surface area contributed by atoms with Gasteiger partial charge in [-0.25, -0.2) is 0 Å². The lowest BCUT2D eigenvalue weighted by atomic mass is 10.00. The largest absolute Gasteiger partial charge is 0.398 e. The molecule has 0 spiro atoms. The van der Waals surface area contributed by atoms with Crippen LogP contribution in [0, 0.1) is 0 Å². The molecule has 0 radical (unpaired) electrons. The summed E-state index contributed by atoms with van der Waals surface area (Å²) in [6.07, 6.45) is 2.37. The smallest absolute Gasteiger partial charge is 0.0419 e. The minimum absolute atomic E-state index is 0. The fourth-order valence-corrected chi connectivity index (χ4v) is 2.92. The Hall–Kier alpha value is -0.540. The molecule has 0 aromatic heterocycles. The van der Waals surface area contributed by atoms with E-state index in [1.807, 2.05) is 17.8 Å². The van der Waals surface area contributed by atoms with Crippen LogP contribution in [0.5, 0.6) is 0 Å². The molecule has 0 bridgehead atoms. The molecule has 1 aliphatic heterocycles. The van der Waals surface area contributed by atoms with Gasteiger partial charge in [-0.3, -0.25) is 0 Å². The number of hydrogen-bond donors (Lipinski definition) is 1. The first-order valence-electron chi connectivity index (χ1n) is 6.03. The summed E-state index contributed by atoms with van der Waals surface area (Å²) >= 11 is 2.01. The molecule has 4 heteroatoms. The van der Waals surface area contributed by atoms with Crippen molar-refractivity contribution in [1.29, 1.82) is 0 Å². The van der Waals surface area contributed by atoms with Gasteiger partial charge < -0.3 is 10.6 Å². The zero-order valence-electron chi connectivity index (χ0n) is 10.3. The highest BCUT2D eigenvalue weighted by atomic mass is 35.5. The summed E-state index contributed by atoms with van der Waals surface area (Å²) in [5.74, 6) is 2.42. The number of hydrogen-bond acceptors (Lipinski definition) is 3. The lowest BCUT2D eigenvalue weighted by Crippen LogP contribution is -2.31. The van der Waals surface area contributed by atoms with E-state index in [-0.39, 0.29) is 12.4 Å². The SMILES string of the molecule is CCSCCN1CCCc2c(N)cccc21.Cl. The molecule has 1 heterocycles. The molecule has 0 aliphatic carbocycles. The van der Waals surface area contributed by atoms with E-state index < -0.39 is 0 Å². The summed E-state index contributed by atoms with van der Waals surface area (Å²) in [6.45, 7) is 4.54. The van der Waals surface area contributed by atoms with Crippen LogP contribution in [0.15, 0.2) is 18.2 Å². The first-order chi connectivity index (χ1) is 7.83. The molecule has 0 atom stereocenters. The van der Waals surface area contributed by atoms with Crippen molar-refractivity contribution in [2.45, 2.75) is 19.8 Å². The average Bonchev–Trinajstić information content (AvgIpc) is 2.31. The maximum atomic E-state index is 6.03. The fourth-order valence-electron chi connectivity index (χ4n) is 2.28. The number of nitrogens with zero attached hydrogens (tertiary/aromatic N) is 1. The minimum Gasteiger partial charge on any atom is -0.398 e. The summed E-state index contributed by atoms with van der Waals surface area (Å²) < 4.78 is 0. The van der Waals surface area contributed by atoms with Gasteiger partial charge in [0, 0.05) is 30.2 Å². The molecule has 2 rings (SSSR count). The lowest BCUT2D eigenvalue weighted by molar-refractivity contribution is 0.711. The van der Waals surface area contributed by atoms with Gasteiger partial charge in [0.05, 0.1) is 0 Å². The number of thioether (sulfide) groups is 1. The predicted molar refractivity (Wildman–Crippen MR) is 81.6 cm³/mol. The molecular formula is C13H21ClN2S. The second kappa shape index (κ2) is 7.02. The molecule has 0 saturated heterocycles. The molecule has 96 valence electrons. The van der Waals surface area contributed by atoms with Crippen molar-refractivity contribution in [3.8, 4) is 0 Å². The van der Waals surface area contributed by atoms with Crippen LogP contribution in [0.2, 0.25) is 0 Å². The van der Waals surface area contributed by atoms with Gasteiger partial charge in [0.2, 0.25) is 0 Å². The van der Waals surface area contributed by atoms with E-state index >= 15 is 0 Å².